The molecule has 5 heteroatoms. The average molecular weight is 191 g/mol. The normalized spacial score (nSPS) is 10.4. The number of rotatable bonds is 3. The lowest BCUT2D eigenvalue weighted by molar-refractivity contribution is 0.768. The monoisotopic (exact) mass is 191 g/mol. The second-order valence-electron chi connectivity index (χ2n) is 3.30. The van der Waals surface area contributed by atoms with E-state index in [9.17, 15) is 0 Å². The summed E-state index contributed by atoms with van der Waals surface area (Å²) in [6, 6.07) is 2.02. The standard InChI is InChI=1S/C9H13N5/c1-7-3-8(13-12-7)4-10-9-5-11-14(2)6-9/h3,5-6,10H,4H2,1-2H3,(H,12,13). The summed E-state index contributed by atoms with van der Waals surface area (Å²) in [6.45, 7) is 2.70. The molecular weight excluding hydrogens is 178 g/mol. The van der Waals surface area contributed by atoms with E-state index < -0.39 is 0 Å². The van der Waals surface area contributed by atoms with Gasteiger partial charge in [0.25, 0.3) is 0 Å². The molecule has 2 rings (SSSR count). The number of aryl methyl sites for hydroxylation is 2. The van der Waals surface area contributed by atoms with Crippen LogP contribution < -0.4 is 5.32 Å². The fraction of sp³-hybridized carbons (Fsp3) is 0.333. The minimum Gasteiger partial charge on any atom is -0.377 e. The fourth-order valence-corrected chi connectivity index (χ4v) is 1.27. The van der Waals surface area contributed by atoms with Crippen LogP contribution in [-0.2, 0) is 13.6 Å². The first-order valence-electron chi connectivity index (χ1n) is 4.47. The molecule has 0 atom stereocenters. The van der Waals surface area contributed by atoms with E-state index >= 15 is 0 Å². The molecule has 5 nitrogen and oxygen atoms in total. The minimum absolute atomic E-state index is 0.718. The maximum Gasteiger partial charge on any atom is 0.0815 e. The molecule has 0 aliphatic rings. The molecule has 0 amide bonds. The lowest BCUT2D eigenvalue weighted by Crippen LogP contribution is -1.98. The number of hydrogen-bond donors (Lipinski definition) is 2. The maximum absolute atomic E-state index is 4.12. The molecule has 14 heavy (non-hydrogen) atoms. The van der Waals surface area contributed by atoms with Gasteiger partial charge < -0.3 is 5.32 Å². The van der Waals surface area contributed by atoms with E-state index in [0.29, 0.717) is 0 Å². The van der Waals surface area contributed by atoms with Gasteiger partial charge in [-0.05, 0) is 13.0 Å². The van der Waals surface area contributed by atoms with Gasteiger partial charge in [-0.3, -0.25) is 9.78 Å². The van der Waals surface area contributed by atoms with Gasteiger partial charge in [0, 0.05) is 18.9 Å². The first kappa shape index (κ1) is 8.80. The lowest BCUT2D eigenvalue weighted by atomic mass is 10.3. The predicted octanol–water partition coefficient (Wildman–Crippen LogP) is 1.06. The van der Waals surface area contributed by atoms with Gasteiger partial charge in [0.2, 0.25) is 0 Å². The minimum atomic E-state index is 0.718. The summed E-state index contributed by atoms with van der Waals surface area (Å²) in [5.74, 6) is 0. The molecule has 0 saturated heterocycles. The molecule has 0 bridgehead atoms. The Morgan fingerprint density at radius 1 is 1.57 bits per heavy atom. The van der Waals surface area contributed by atoms with Crippen LogP contribution in [0.1, 0.15) is 11.4 Å². The molecule has 2 aromatic rings. The number of hydrogen-bond acceptors (Lipinski definition) is 3. The highest BCUT2D eigenvalue weighted by molar-refractivity contribution is 5.38. The SMILES string of the molecule is Cc1cc(CNc2cnn(C)c2)n[nH]1. The van der Waals surface area contributed by atoms with Crippen molar-refractivity contribution in [1.29, 1.82) is 0 Å². The van der Waals surface area contributed by atoms with Crippen molar-refractivity contribution in [3.05, 3.63) is 29.8 Å². The molecule has 74 valence electrons. The molecule has 0 spiro atoms. The third kappa shape index (κ3) is 1.93. The van der Waals surface area contributed by atoms with Gasteiger partial charge in [0.1, 0.15) is 0 Å². The number of nitrogens with zero attached hydrogens (tertiary/aromatic N) is 3. The smallest absolute Gasteiger partial charge is 0.0815 e. The van der Waals surface area contributed by atoms with Crippen molar-refractivity contribution >= 4 is 5.69 Å². The van der Waals surface area contributed by atoms with Crippen molar-refractivity contribution in [3.8, 4) is 0 Å². The highest BCUT2D eigenvalue weighted by Crippen LogP contribution is 2.06. The first-order chi connectivity index (χ1) is 6.74. The fourth-order valence-electron chi connectivity index (χ4n) is 1.27. The Bertz CT molecular complexity index is 374. The molecule has 0 aliphatic heterocycles. The molecular formula is C9H13N5. The maximum atomic E-state index is 4.12. The Labute approximate surface area is 82.1 Å². The average Bonchev–Trinajstić information content (AvgIpc) is 2.72. The zero-order chi connectivity index (χ0) is 9.97. The first-order valence-corrected chi connectivity index (χ1v) is 4.47. The third-order valence-corrected chi connectivity index (χ3v) is 1.94. The van der Waals surface area contributed by atoms with Crippen LogP contribution in [0.15, 0.2) is 18.5 Å². The van der Waals surface area contributed by atoms with E-state index in [1.54, 1.807) is 10.9 Å². The van der Waals surface area contributed by atoms with Gasteiger partial charge in [0.05, 0.1) is 24.1 Å². The van der Waals surface area contributed by atoms with Crippen molar-refractivity contribution in [2.75, 3.05) is 5.32 Å². The molecule has 0 unspecified atom stereocenters. The Kier molecular flexibility index (Phi) is 2.22. The lowest BCUT2D eigenvalue weighted by Gasteiger charge is -1.98. The zero-order valence-electron chi connectivity index (χ0n) is 8.28. The number of nitrogens with one attached hydrogen (secondary N) is 2. The van der Waals surface area contributed by atoms with Crippen LogP contribution in [0, 0.1) is 6.92 Å². The van der Waals surface area contributed by atoms with Crippen LogP contribution in [0.25, 0.3) is 0 Å². The second kappa shape index (κ2) is 3.53. The molecule has 0 fully saturated rings. The Hall–Kier alpha value is -1.78. The van der Waals surface area contributed by atoms with Crippen LogP contribution in [0.4, 0.5) is 5.69 Å². The van der Waals surface area contributed by atoms with Crippen LogP contribution >= 0.6 is 0 Å². The van der Waals surface area contributed by atoms with Crippen LogP contribution in [0.5, 0.6) is 0 Å². The Morgan fingerprint density at radius 3 is 3.00 bits per heavy atom. The molecule has 2 aromatic heterocycles. The van der Waals surface area contributed by atoms with Crippen molar-refractivity contribution < 1.29 is 0 Å². The zero-order valence-corrected chi connectivity index (χ0v) is 8.28. The quantitative estimate of drug-likeness (QED) is 0.762. The van der Waals surface area contributed by atoms with Crippen molar-refractivity contribution in [1.82, 2.24) is 20.0 Å². The van der Waals surface area contributed by atoms with E-state index in [1.807, 2.05) is 26.2 Å². The largest absolute Gasteiger partial charge is 0.377 e. The highest BCUT2D eigenvalue weighted by atomic mass is 15.3. The summed E-state index contributed by atoms with van der Waals surface area (Å²) in [6.07, 6.45) is 3.72. The molecule has 0 aromatic carbocycles. The van der Waals surface area contributed by atoms with E-state index in [4.69, 9.17) is 0 Å². The predicted molar refractivity (Wildman–Crippen MR) is 53.9 cm³/mol. The topological polar surface area (TPSA) is 58.5 Å². The summed E-state index contributed by atoms with van der Waals surface area (Å²) >= 11 is 0. The molecule has 0 aliphatic carbocycles. The van der Waals surface area contributed by atoms with Gasteiger partial charge in [-0.1, -0.05) is 0 Å². The van der Waals surface area contributed by atoms with Crippen LogP contribution in [0.2, 0.25) is 0 Å². The van der Waals surface area contributed by atoms with Crippen molar-refractivity contribution in [2.24, 2.45) is 7.05 Å². The van der Waals surface area contributed by atoms with Crippen LogP contribution in [0.3, 0.4) is 0 Å². The van der Waals surface area contributed by atoms with Gasteiger partial charge in [-0.25, -0.2) is 0 Å². The van der Waals surface area contributed by atoms with E-state index in [0.717, 1.165) is 23.6 Å². The highest BCUT2D eigenvalue weighted by Gasteiger charge is 1.98. The number of anilines is 1. The van der Waals surface area contributed by atoms with Gasteiger partial charge >= 0.3 is 0 Å². The van der Waals surface area contributed by atoms with Crippen molar-refractivity contribution in [3.63, 3.8) is 0 Å². The summed E-state index contributed by atoms with van der Waals surface area (Å²) in [5, 5.41) is 14.3. The molecule has 0 radical (unpaired) electrons. The summed E-state index contributed by atoms with van der Waals surface area (Å²) in [4.78, 5) is 0. The van der Waals surface area contributed by atoms with Gasteiger partial charge in [0.15, 0.2) is 0 Å². The third-order valence-electron chi connectivity index (χ3n) is 1.94. The van der Waals surface area contributed by atoms with E-state index in [1.165, 1.54) is 0 Å². The number of H-pyrrole nitrogens is 1. The number of aromatic nitrogens is 4. The summed E-state index contributed by atoms with van der Waals surface area (Å²) in [5.41, 5.74) is 3.09. The Balaban J connectivity index is 1.94. The van der Waals surface area contributed by atoms with E-state index in [2.05, 4.69) is 20.6 Å². The van der Waals surface area contributed by atoms with E-state index in [-0.39, 0.29) is 0 Å². The molecule has 0 saturated carbocycles. The molecule has 2 N–H and O–H groups in total. The summed E-state index contributed by atoms with van der Waals surface area (Å²) in [7, 11) is 1.89. The van der Waals surface area contributed by atoms with Crippen LogP contribution in [-0.4, -0.2) is 20.0 Å². The van der Waals surface area contributed by atoms with Gasteiger partial charge in [-0.15, -0.1) is 0 Å². The Morgan fingerprint density at radius 2 is 2.43 bits per heavy atom. The summed E-state index contributed by atoms with van der Waals surface area (Å²) < 4.78 is 1.76. The second-order valence-corrected chi connectivity index (χ2v) is 3.30. The van der Waals surface area contributed by atoms with Crippen molar-refractivity contribution in [2.45, 2.75) is 13.5 Å². The number of aromatic amines is 1. The molecule has 2 heterocycles. The van der Waals surface area contributed by atoms with Gasteiger partial charge in [-0.2, -0.15) is 10.2 Å².